The molecule has 10 heteroatoms. The number of nitrogens with zero attached hydrogens (tertiary/aromatic N) is 2. The number of carbonyl (C=O) groups excluding carboxylic acids is 2. The number of hydrogen-bond donors (Lipinski definition) is 1. The van der Waals surface area contributed by atoms with Gasteiger partial charge < -0.3 is 10.2 Å². The Morgan fingerprint density at radius 2 is 1.36 bits per heavy atom. The third-order valence-corrected chi connectivity index (χ3v) is 9.08. The highest BCUT2D eigenvalue weighted by atomic mass is 32.2. The quantitative estimate of drug-likeness (QED) is 0.208. The van der Waals surface area contributed by atoms with Crippen LogP contribution in [0.4, 0.5) is 14.5 Å². The second-order valence-corrected chi connectivity index (χ2v) is 12.3. The molecule has 4 aromatic rings. The van der Waals surface area contributed by atoms with E-state index in [0.29, 0.717) is 10.7 Å². The fourth-order valence-electron chi connectivity index (χ4n) is 4.69. The van der Waals surface area contributed by atoms with Crippen LogP contribution in [0.3, 0.4) is 0 Å². The van der Waals surface area contributed by atoms with Gasteiger partial charge in [-0.1, -0.05) is 85.8 Å². The van der Waals surface area contributed by atoms with Gasteiger partial charge in [-0.2, -0.15) is 0 Å². The maximum atomic E-state index is 15.1. The lowest BCUT2D eigenvalue weighted by Gasteiger charge is -2.34. The minimum absolute atomic E-state index is 0.0778. The Morgan fingerprint density at radius 1 is 0.795 bits per heavy atom. The smallest absolute Gasteiger partial charge is 0.264 e. The summed E-state index contributed by atoms with van der Waals surface area (Å²) in [5.74, 6) is -2.72. The molecule has 0 radical (unpaired) electrons. The van der Waals surface area contributed by atoms with Crippen molar-refractivity contribution >= 4 is 27.5 Å². The highest BCUT2D eigenvalue weighted by Crippen LogP contribution is 2.27. The molecule has 2 unspecified atom stereocenters. The summed E-state index contributed by atoms with van der Waals surface area (Å²) in [6, 6.07) is 26.1. The Balaban J connectivity index is 1.82. The van der Waals surface area contributed by atoms with Gasteiger partial charge in [0.15, 0.2) is 0 Å². The van der Waals surface area contributed by atoms with Crippen LogP contribution in [0.5, 0.6) is 0 Å². The average molecular weight is 620 g/mol. The zero-order valence-electron chi connectivity index (χ0n) is 24.6. The fourth-order valence-corrected chi connectivity index (χ4v) is 6.14. The van der Waals surface area contributed by atoms with Crippen LogP contribution in [0, 0.1) is 11.6 Å². The summed E-state index contributed by atoms with van der Waals surface area (Å²) in [4.78, 5) is 29.1. The zero-order chi connectivity index (χ0) is 31.7. The predicted octanol–water partition coefficient (Wildman–Crippen LogP) is 5.71. The SMILES string of the molecule is CCC(C)NC(=O)C(Cc1ccccc1)N(Cc1ccccc1F)C(=O)CN(c1ccccc1F)S(=O)(=O)c1ccccc1. The summed E-state index contributed by atoms with van der Waals surface area (Å²) in [6.07, 6.45) is 0.704. The molecule has 0 saturated heterocycles. The number of rotatable bonds is 13. The molecule has 0 aliphatic carbocycles. The molecule has 0 bridgehead atoms. The van der Waals surface area contributed by atoms with Gasteiger partial charge >= 0.3 is 0 Å². The Hall–Kier alpha value is -4.57. The van der Waals surface area contributed by atoms with Crippen LogP contribution < -0.4 is 9.62 Å². The summed E-state index contributed by atoms with van der Waals surface area (Å²) in [5, 5.41) is 2.92. The lowest BCUT2D eigenvalue weighted by atomic mass is 10.0. The predicted molar refractivity (Wildman–Crippen MR) is 166 cm³/mol. The van der Waals surface area contributed by atoms with Gasteiger partial charge in [-0.05, 0) is 49.2 Å². The first-order valence-electron chi connectivity index (χ1n) is 14.3. The third kappa shape index (κ3) is 7.87. The van der Waals surface area contributed by atoms with Crippen molar-refractivity contribution < 1.29 is 26.8 Å². The molecule has 0 aliphatic heterocycles. The number of nitrogens with one attached hydrogen (secondary N) is 1. The molecule has 0 aliphatic rings. The number of carbonyl (C=O) groups is 2. The second-order valence-electron chi connectivity index (χ2n) is 10.4. The number of halogens is 2. The van der Waals surface area contributed by atoms with E-state index >= 15 is 4.39 Å². The van der Waals surface area contributed by atoms with Crippen molar-refractivity contribution in [2.24, 2.45) is 0 Å². The van der Waals surface area contributed by atoms with Crippen LogP contribution in [0.15, 0.2) is 114 Å². The van der Waals surface area contributed by atoms with Crippen LogP contribution in [-0.4, -0.2) is 43.8 Å². The van der Waals surface area contributed by atoms with E-state index in [1.807, 2.05) is 19.9 Å². The number of anilines is 1. The lowest BCUT2D eigenvalue weighted by molar-refractivity contribution is -0.140. The number of hydrogen-bond acceptors (Lipinski definition) is 4. The molecule has 0 saturated carbocycles. The first-order chi connectivity index (χ1) is 21.1. The fraction of sp³-hybridized carbons (Fsp3) is 0.235. The van der Waals surface area contributed by atoms with Crippen LogP contribution >= 0.6 is 0 Å². The van der Waals surface area contributed by atoms with E-state index in [0.717, 1.165) is 11.6 Å². The van der Waals surface area contributed by atoms with Crippen LogP contribution in [0.2, 0.25) is 0 Å². The van der Waals surface area contributed by atoms with E-state index < -0.39 is 46.1 Å². The van der Waals surface area contributed by atoms with Gasteiger partial charge in [0.1, 0.15) is 24.2 Å². The lowest BCUT2D eigenvalue weighted by Crippen LogP contribution is -2.54. The zero-order valence-corrected chi connectivity index (χ0v) is 25.4. The second kappa shape index (κ2) is 14.7. The molecule has 0 heterocycles. The van der Waals surface area contributed by atoms with Gasteiger partial charge in [-0.25, -0.2) is 17.2 Å². The van der Waals surface area contributed by atoms with Crippen LogP contribution in [-0.2, 0) is 32.6 Å². The molecule has 2 atom stereocenters. The van der Waals surface area contributed by atoms with Gasteiger partial charge in [-0.15, -0.1) is 0 Å². The summed E-state index contributed by atoms with van der Waals surface area (Å²) in [6.45, 7) is 2.56. The highest BCUT2D eigenvalue weighted by Gasteiger charge is 2.36. The Morgan fingerprint density at radius 3 is 1.98 bits per heavy atom. The van der Waals surface area contributed by atoms with Crippen molar-refractivity contribution in [2.45, 2.75) is 50.2 Å². The van der Waals surface area contributed by atoms with Crippen molar-refractivity contribution in [2.75, 3.05) is 10.8 Å². The molecule has 0 fully saturated rings. The first-order valence-corrected chi connectivity index (χ1v) is 15.7. The molecule has 4 aromatic carbocycles. The minimum atomic E-state index is -4.44. The molecule has 0 spiro atoms. The standard InChI is InChI=1S/C34H35F2N3O4S/c1-3-25(2)37-34(41)32(22-26-14-6-4-7-15-26)38(23-27-16-10-11-19-29(27)35)33(40)24-39(31-21-13-12-20-30(31)36)44(42,43)28-17-8-5-9-18-28/h4-21,25,32H,3,22-24H2,1-2H3,(H,37,41). The van der Waals surface area contributed by atoms with Crippen molar-refractivity contribution in [1.29, 1.82) is 0 Å². The summed E-state index contributed by atoms with van der Waals surface area (Å²) in [7, 11) is -4.44. The summed E-state index contributed by atoms with van der Waals surface area (Å²) in [5.41, 5.74) is 0.545. The molecular weight excluding hydrogens is 584 g/mol. The van der Waals surface area contributed by atoms with Crippen LogP contribution in [0.1, 0.15) is 31.4 Å². The van der Waals surface area contributed by atoms with Crippen LogP contribution in [0.25, 0.3) is 0 Å². The molecular formula is C34H35F2N3O4S. The van der Waals surface area contributed by atoms with Crippen molar-refractivity contribution in [3.8, 4) is 0 Å². The normalized spacial score (nSPS) is 12.6. The third-order valence-electron chi connectivity index (χ3n) is 7.30. The van der Waals surface area contributed by atoms with E-state index in [4.69, 9.17) is 0 Å². The molecule has 230 valence electrons. The average Bonchev–Trinajstić information content (AvgIpc) is 3.03. The van der Waals surface area contributed by atoms with Crippen molar-refractivity contribution in [1.82, 2.24) is 10.2 Å². The van der Waals surface area contributed by atoms with E-state index in [-0.39, 0.29) is 35.2 Å². The molecule has 0 aromatic heterocycles. The monoisotopic (exact) mass is 619 g/mol. The van der Waals surface area contributed by atoms with Crippen molar-refractivity contribution in [3.63, 3.8) is 0 Å². The van der Waals surface area contributed by atoms with Gasteiger partial charge in [0.05, 0.1) is 10.6 Å². The Labute approximate surface area is 257 Å². The minimum Gasteiger partial charge on any atom is -0.352 e. The van der Waals surface area contributed by atoms with Gasteiger partial charge in [0.2, 0.25) is 11.8 Å². The maximum Gasteiger partial charge on any atom is 0.264 e. The number of sulfonamides is 1. The molecule has 1 N–H and O–H groups in total. The highest BCUT2D eigenvalue weighted by molar-refractivity contribution is 7.92. The topological polar surface area (TPSA) is 86.8 Å². The maximum absolute atomic E-state index is 15.1. The first kappa shape index (κ1) is 32.3. The largest absolute Gasteiger partial charge is 0.352 e. The van der Waals surface area contributed by atoms with Gasteiger partial charge in [-0.3, -0.25) is 13.9 Å². The Kier molecular flexibility index (Phi) is 10.8. The molecule has 7 nitrogen and oxygen atoms in total. The summed E-state index contributed by atoms with van der Waals surface area (Å²) >= 11 is 0. The van der Waals surface area contributed by atoms with Crippen molar-refractivity contribution in [3.05, 3.63) is 132 Å². The molecule has 44 heavy (non-hydrogen) atoms. The molecule has 4 rings (SSSR count). The molecule has 2 amide bonds. The van der Waals surface area contributed by atoms with Gasteiger partial charge in [0, 0.05) is 24.6 Å². The van der Waals surface area contributed by atoms with E-state index in [1.54, 1.807) is 36.4 Å². The Bertz CT molecular complexity index is 1670. The summed E-state index contributed by atoms with van der Waals surface area (Å²) < 4.78 is 58.6. The van der Waals surface area contributed by atoms with E-state index in [2.05, 4.69) is 5.32 Å². The van der Waals surface area contributed by atoms with E-state index in [1.165, 1.54) is 65.6 Å². The number of amides is 2. The van der Waals surface area contributed by atoms with E-state index in [9.17, 15) is 22.4 Å². The number of para-hydroxylation sites is 1. The van der Waals surface area contributed by atoms with Gasteiger partial charge in [0.25, 0.3) is 10.0 Å². The number of benzene rings is 4.